The van der Waals surface area contributed by atoms with E-state index in [4.69, 9.17) is 9.26 Å². The van der Waals surface area contributed by atoms with Crippen molar-refractivity contribution in [2.24, 2.45) is 0 Å². The molecule has 0 fully saturated rings. The molecule has 0 bridgehead atoms. The molecule has 0 aliphatic rings. The maximum absolute atomic E-state index is 12.7. The molecule has 0 radical (unpaired) electrons. The van der Waals surface area contributed by atoms with E-state index in [-0.39, 0.29) is 23.1 Å². The zero-order chi connectivity index (χ0) is 24.4. The molecule has 35 heavy (non-hydrogen) atoms. The van der Waals surface area contributed by atoms with Crippen molar-refractivity contribution in [3.8, 4) is 11.4 Å². The number of fused-ring (bicyclic) bond motifs is 1. The van der Waals surface area contributed by atoms with E-state index in [9.17, 15) is 9.59 Å². The molecule has 1 amide bonds. The van der Waals surface area contributed by atoms with Crippen LogP contribution in [0.1, 0.15) is 11.6 Å². The molecule has 2 aromatic carbocycles. The van der Waals surface area contributed by atoms with Crippen molar-refractivity contribution in [3.63, 3.8) is 0 Å². The number of anilines is 1. The predicted molar refractivity (Wildman–Crippen MR) is 134 cm³/mol. The van der Waals surface area contributed by atoms with Gasteiger partial charge in [0.05, 0.1) is 29.6 Å². The Hall–Kier alpha value is -3.90. The molecule has 5 rings (SSSR count). The second-order valence-corrected chi connectivity index (χ2v) is 9.45. The lowest BCUT2D eigenvalue weighted by Gasteiger charge is -2.11. The SMILES string of the molecule is COc1ccc(-n2c(Cn3c(=O)sc4ccccc43)nnc2SCC(=O)Nc2cc(C)on2)cc1. The van der Waals surface area contributed by atoms with E-state index >= 15 is 0 Å². The fourth-order valence-corrected chi connectivity index (χ4v) is 5.19. The summed E-state index contributed by atoms with van der Waals surface area (Å²) in [5.41, 5.74) is 1.62. The van der Waals surface area contributed by atoms with E-state index in [1.54, 1.807) is 24.7 Å². The van der Waals surface area contributed by atoms with Crippen molar-refractivity contribution in [1.29, 1.82) is 0 Å². The highest BCUT2D eigenvalue weighted by atomic mass is 32.2. The van der Waals surface area contributed by atoms with Crippen LogP contribution in [0, 0.1) is 6.92 Å². The van der Waals surface area contributed by atoms with Gasteiger partial charge >= 0.3 is 4.87 Å². The summed E-state index contributed by atoms with van der Waals surface area (Å²) in [6, 6.07) is 16.7. The van der Waals surface area contributed by atoms with Gasteiger partial charge in [0, 0.05) is 11.8 Å². The van der Waals surface area contributed by atoms with Crippen molar-refractivity contribution in [3.05, 3.63) is 75.8 Å². The number of carbonyl (C=O) groups is 1. The quantitative estimate of drug-likeness (QED) is 0.315. The van der Waals surface area contributed by atoms with Crippen molar-refractivity contribution in [2.45, 2.75) is 18.6 Å². The molecule has 10 nitrogen and oxygen atoms in total. The molecule has 0 spiro atoms. The highest BCUT2D eigenvalue weighted by Gasteiger charge is 2.19. The monoisotopic (exact) mass is 508 g/mol. The Balaban J connectivity index is 1.45. The number of nitrogens with zero attached hydrogens (tertiary/aromatic N) is 5. The van der Waals surface area contributed by atoms with Gasteiger partial charge in [-0.05, 0) is 43.3 Å². The van der Waals surface area contributed by atoms with Gasteiger partial charge in [0.2, 0.25) is 5.91 Å². The van der Waals surface area contributed by atoms with Crippen LogP contribution in [0.4, 0.5) is 5.82 Å². The average Bonchev–Trinajstić information content (AvgIpc) is 3.55. The van der Waals surface area contributed by atoms with Gasteiger partial charge in [0.1, 0.15) is 11.5 Å². The molecule has 1 N–H and O–H groups in total. The lowest BCUT2D eigenvalue weighted by molar-refractivity contribution is -0.113. The number of thiazole rings is 1. The number of benzene rings is 2. The Labute approximate surface area is 207 Å². The first-order valence-electron chi connectivity index (χ1n) is 10.5. The third kappa shape index (κ3) is 4.84. The van der Waals surface area contributed by atoms with Gasteiger partial charge in [-0.15, -0.1) is 10.2 Å². The maximum Gasteiger partial charge on any atom is 0.308 e. The Morgan fingerprint density at radius 3 is 2.71 bits per heavy atom. The highest BCUT2D eigenvalue weighted by molar-refractivity contribution is 7.99. The molecule has 0 saturated heterocycles. The molecular formula is C23H20N6O4S2. The minimum atomic E-state index is -0.255. The number of aromatic nitrogens is 5. The Morgan fingerprint density at radius 2 is 1.97 bits per heavy atom. The van der Waals surface area contributed by atoms with Gasteiger partial charge in [-0.1, -0.05) is 40.4 Å². The summed E-state index contributed by atoms with van der Waals surface area (Å²) in [6.45, 7) is 1.98. The van der Waals surface area contributed by atoms with Crippen LogP contribution in [-0.4, -0.2) is 43.3 Å². The van der Waals surface area contributed by atoms with Crippen LogP contribution in [0.5, 0.6) is 5.75 Å². The summed E-state index contributed by atoms with van der Waals surface area (Å²) < 4.78 is 14.7. The van der Waals surface area contributed by atoms with E-state index in [0.29, 0.717) is 28.3 Å². The number of aryl methyl sites for hydroxylation is 1. The summed E-state index contributed by atoms with van der Waals surface area (Å²) in [5, 5.41) is 15.7. The van der Waals surface area contributed by atoms with E-state index in [2.05, 4.69) is 20.7 Å². The number of ether oxygens (including phenoxy) is 1. The fraction of sp³-hybridized carbons (Fsp3) is 0.174. The van der Waals surface area contributed by atoms with Crippen molar-refractivity contribution < 1.29 is 14.1 Å². The molecule has 0 saturated carbocycles. The minimum Gasteiger partial charge on any atom is -0.497 e. The molecule has 0 unspecified atom stereocenters. The zero-order valence-electron chi connectivity index (χ0n) is 18.8. The largest absolute Gasteiger partial charge is 0.497 e. The second kappa shape index (κ2) is 9.76. The highest BCUT2D eigenvalue weighted by Crippen LogP contribution is 2.25. The van der Waals surface area contributed by atoms with Crippen LogP contribution >= 0.6 is 23.1 Å². The fourth-order valence-electron chi connectivity index (χ4n) is 3.53. The topological polar surface area (TPSA) is 117 Å². The third-order valence-electron chi connectivity index (χ3n) is 5.13. The number of para-hydroxylation sites is 1. The summed E-state index contributed by atoms with van der Waals surface area (Å²) in [6.07, 6.45) is 0. The first kappa shape index (κ1) is 22.9. The van der Waals surface area contributed by atoms with Gasteiger partial charge in [-0.25, -0.2) is 0 Å². The first-order chi connectivity index (χ1) is 17.0. The van der Waals surface area contributed by atoms with Crippen LogP contribution in [0.15, 0.2) is 69.1 Å². The lowest BCUT2D eigenvalue weighted by Crippen LogP contribution is -2.17. The molecule has 5 aromatic rings. The molecule has 12 heteroatoms. The number of hydrogen-bond donors (Lipinski definition) is 1. The molecule has 0 atom stereocenters. The van der Waals surface area contributed by atoms with E-state index in [1.165, 1.54) is 23.1 Å². The summed E-state index contributed by atoms with van der Waals surface area (Å²) in [4.78, 5) is 25.1. The second-order valence-electron chi connectivity index (χ2n) is 7.51. The molecule has 3 aromatic heterocycles. The molecule has 0 aliphatic carbocycles. The average molecular weight is 509 g/mol. The maximum atomic E-state index is 12.7. The number of thioether (sulfide) groups is 1. The van der Waals surface area contributed by atoms with Gasteiger partial charge in [0.25, 0.3) is 0 Å². The van der Waals surface area contributed by atoms with Crippen LogP contribution < -0.4 is 14.9 Å². The number of rotatable bonds is 8. The van der Waals surface area contributed by atoms with Crippen molar-refractivity contribution in [1.82, 2.24) is 24.5 Å². The van der Waals surface area contributed by atoms with Crippen LogP contribution in [0.3, 0.4) is 0 Å². The molecule has 3 heterocycles. The summed E-state index contributed by atoms with van der Waals surface area (Å²) in [5.74, 6) is 2.06. The van der Waals surface area contributed by atoms with Gasteiger partial charge in [-0.2, -0.15) is 0 Å². The minimum absolute atomic E-state index is 0.0769. The number of hydrogen-bond acceptors (Lipinski definition) is 9. The Bertz CT molecular complexity index is 1550. The van der Waals surface area contributed by atoms with Crippen LogP contribution in [0.25, 0.3) is 15.9 Å². The molecule has 0 aliphatic heterocycles. The molecular weight excluding hydrogens is 488 g/mol. The molecule has 178 valence electrons. The predicted octanol–water partition coefficient (Wildman–Crippen LogP) is 3.73. The summed E-state index contributed by atoms with van der Waals surface area (Å²) in [7, 11) is 1.60. The van der Waals surface area contributed by atoms with E-state index in [1.807, 2.05) is 53.1 Å². The van der Waals surface area contributed by atoms with Gasteiger partial charge in [-0.3, -0.25) is 18.7 Å². The lowest BCUT2D eigenvalue weighted by atomic mass is 10.3. The van der Waals surface area contributed by atoms with Gasteiger partial charge in [0.15, 0.2) is 16.8 Å². The van der Waals surface area contributed by atoms with Crippen LogP contribution in [-0.2, 0) is 11.3 Å². The third-order valence-corrected chi connectivity index (χ3v) is 7.02. The smallest absolute Gasteiger partial charge is 0.308 e. The number of amides is 1. The van der Waals surface area contributed by atoms with Crippen molar-refractivity contribution >= 4 is 45.0 Å². The van der Waals surface area contributed by atoms with E-state index < -0.39 is 0 Å². The van der Waals surface area contributed by atoms with Gasteiger partial charge < -0.3 is 14.6 Å². The zero-order valence-corrected chi connectivity index (χ0v) is 20.4. The number of methoxy groups -OCH3 is 1. The Morgan fingerprint density at radius 1 is 1.17 bits per heavy atom. The van der Waals surface area contributed by atoms with Crippen LogP contribution in [0.2, 0.25) is 0 Å². The van der Waals surface area contributed by atoms with Crippen molar-refractivity contribution in [2.75, 3.05) is 18.2 Å². The standard InChI is InChI=1S/C23H20N6O4S2/c1-14-11-19(27-33-14)24-21(30)13-34-22-26-25-20(29(22)15-7-9-16(32-2)10-8-15)12-28-17-5-3-4-6-18(17)35-23(28)31/h3-11H,12-13H2,1-2H3,(H,24,27,30). The number of carbonyl (C=O) groups excluding carboxylic acids is 1. The normalized spacial score (nSPS) is 11.1. The number of nitrogens with one attached hydrogen (secondary N) is 1. The Kier molecular flexibility index (Phi) is 6.38. The van der Waals surface area contributed by atoms with E-state index in [0.717, 1.165) is 15.9 Å². The summed E-state index contributed by atoms with van der Waals surface area (Å²) >= 11 is 2.42. The first-order valence-corrected chi connectivity index (χ1v) is 12.3.